The van der Waals surface area contributed by atoms with E-state index in [4.69, 9.17) is 9.57 Å². The molecule has 0 aromatic heterocycles. The maximum atomic E-state index is 14.2. The van der Waals surface area contributed by atoms with Gasteiger partial charge in [0.05, 0.1) is 31.9 Å². The van der Waals surface area contributed by atoms with Crippen molar-refractivity contribution >= 4 is 17.5 Å². The Kier molecular flexibility index (Phi) is 12.9. The third kappa shape index (κ3) is 8.54. The van der Waals surface area contributed by atoms with Gasteiger partial charge in [-0.1, -0.05) is 58.9 Å². The largest absolute Gasteiger partial charge is 0.496 e. The lowest BCUT2D eigenvalue weighted by molar-refractivity contribution is -0.183. The summed E-state index contributed by atoms with van der Waals surface area (Å²) in [6.07, 6.45) is 1.36. The first kappa shape index (κ1) is 41.0. The maximum absolute atomic E-state index is 14.2. The highest BCUT2D eigenvalue weighted by Gasteiger charge is 2.57. The number of carbonyl (C=O) groups excluding carboxylic acids is 2. The number of amides is 2. The van der Waals surface area contributed by atoms with Crippen molar-refractivity contribution in [1.29, 1.82) is 0 Å². The van der Waals surface area contributed by atoms with Gasteiger partial charge in [-0.25, -0.2) is 0 Å². The van der Waals surface area contributed by atoms with Crippen LogP contribution in [0.3, 0.4) is 0 Å². The van der Waals surface area contributed by atoms with Crippen molar-refractivity contribution in [1.82, 2.24) is 20.6 Å². The Bertz CT molecular complexity index is 1580. The van der Waals surface area contributed by atoms with Crippen LogP contribution in [0.4, 0.5) is 5.69 Å². The van der Waals surface area contributed by atoms with Gasteiger partial charge in [-0.3, -0.25) is 14.4 Å². The van der Waals surface area contributed by atoms with Crippen molar-refractivity contribution in [2.45, 2.75) is 97.7 Å². The van der Waals surface area contributed by atoms with Gasteiger partial charge < -0.3 is 35.4 Å². The third-order valence-corrected chi connectivity index (χ3v) is 12.4. The SMILES string of the molecule is COc1c(CN2O[C@@H](CO)[C@@H]([C@H](C)O)[C@H]2C(=O)N[C@H]2C[C@@H]3C[C@H]([C@@H]2C)C3(C)C)cccc1-c1ccc(N(C)C)c(C(=O)N[C@@H](CC(C)C)CN(C)C)c1. The monoisotopic (exact) mass is 735 g/mol. The third-order valence-electron chi connectivity index (χ3n) is 12.4. The van der Waals surface area contributed by atoms with Crippen LogP contribution in [0, 0.1) is 35.0 Å². The quantitative estimate of drug-likeness (QED) is 0.204. The zero-order valence-electron chi connectivity index (χ0n) is 33.8. The van der Waals surface area contributed by atoms with Gasteiger partial charge in [-0.2, -0.15) is 5.06 Å². The Hall–Kier alpha value is -3.22. The summed E-state index contributed by atoms with van der Waals surface area (Å²) in [5, 5.41) is 29.5. The zero-order valence-corrected chi connectivity index (χ0v) is 33.8. The van der Waals surface area contributed by atoms with Crippen LogP contribution in [0.5, 0.6) is 5.75 Å². The van der Waals surface area contributed by atoms with E-state index in [0.29, 0.717) is 35.0 Å². The number of hydroxylamine groups is 2. The summed E-state index contributed by atoms with van der Waals surface area (Å²) in [4.78, 5) is 38.5. The molecular weight excluding hydrogens is 670 g/mol. The Morgan fingerprint density at radius 2 is 1.81 bits per heavy atom. The number of aliphatic hydroxyl groups excluding tert-OH is 2. The van der Waals surface area contributed by atoms with Crippen molar-refractivity contribution in [2.24, 2.45) is 35.0 Å². The topological polar surface area (TPSA) is 127 Å². The van der Waals surface area contributed by atoms with Gasteiger partial charge in [0.2, 0.25) is 5.91 Å². The van der Waals surface area contributed by atoms with E-state index < -0.39 is 24.2 Å². The predicted octanol–water partition coefficient (Wildman–Crippen LogP) is 4.79. The number of aliphatic hydroxyl groups is 2. The van der Waals surface area contributed by atoms with E-state index in [1.165, 1.54) is 6.42 Å². The van der Waals surface area contributed by atoms with Crippen molar-refractivity contribution in [3.05, 3.63) is 47.5 Å². The van der Waals surface area contributed by atoms with E-state index >= 15 is 0 Å². The number of nitrogens with one attached hydrogen (secondary N) is 2. The van der Waals surface area contributed by atoms with Crippen LogP contribution in [0.25, 0.3) is 11.1 Å². The maximum Gasteiger partial charge on any atom is 0.253 e. The predicted molar refractivity (Wildman–Crippen MR) is 210 cm³/mol. The van der Waals surface area contributed by atoms with Crippen LogP contribution in [0.1, 0.15) is 76.7 Å². The average molecular weight is 736 g/mol. The smallest absolute Gasteiger partial charge is 0.253 e. The normalized spacial score (nSPS) is 27.6. The number of para-hydroxylation sites is 1. The molecule has 4 fully saturated rings. The molecule has 0 spiro atoms. The number of carbonyl (C=O) groups is 2. The molecule has 11 nitrogen and oxygen atoms in total. The second-order valence-corrected chi connectivity index (χ2v) is 17.4. The summed E-state index contributed by atoms with van der Waals surface area (Å²) >= 11 is 0. The molecule has 2 aromatic carbocycles. The molecular formula is C42H65N5O6. The average Bonchev–Trinajstić information content (AvgIpc) is 3.46. The highest BCUT2D eigenvalue weighted by atomic mass is 16.7. The highest BCUT2D eigenvalue weighted by Crippen LogP contribution is 2.61. The molecule has 0 radical (unpaired) electrons. The summed E-state index contributed by atoms with van der Waals surface area (Å²) in [5.41, 5.74) is 4.03. The fourth-order valence-electron chi connectivity index (χ4n) is 9.56. The molecule has 1 heterocycles. The van der Waals surface area contributed by atoms with E-state index in [-0.39, 0.29) is 42.5 Å². The molecule has 53 heavy (non-hydrogen) atoms. The zero-order chi connectivity index (χ0) is 38.9. The van der Waals surface area contributed by atoms with Crippen molar-refractivity contribution in [3.63, 3.8) is 0 Å². The van der Waals surface area contributed by atoms with Crippen LogP contribution in [0.15, 0.2) is 36.4 Å². The highest BCUT2D eigenvalue weighted by molar-refractivity contribution is 6.01. The van der Waals surface area contributed by atoms with Crippen molar-refractivity contribution < 1.29 is 29.4 Å². The van der Waals surface area contributed by atoms with E-state index in [2.05, 4.69) is 50.2 Å². The Labute approximate surface area is 317 Å². The number of ether oxygens (including phenoxy) is 1. The Morgan fingerprint density at radius 3 is 2.38 bits per heavy atom. The van der Waals surface area contributed by atoms with Gasteiger partial charge >= 0.3 is 0 Å². The van der Waals surface area contributed by atoms with Crippen LogP contribution in [-0.4, -0.2) is 111 Å². The lowest BCUT2D eigenvalue weighted by Gasteiger charge is -2.62. The lowest BCUT2D eigenvalue weighted by Crippen LogP contribution is -2.62. The number of likely N-dealkylation sites (N-methyl/N-ethyl adjacent to an activating group) is 1. The van der Waals surface area contributed by atoms with Crippen LogP contribution >= 0.6 is 0 Å². The number of methoxy groups -OCH3 is 1. The van der Waals surface area contributed by atoms with E-state index in [1.54, 1.807) is 19.1 Å². The number of nitrogens with zero attached hydrogens (tertiary/aromatic N) is 3. The Balaban J connectivity index is 1.44. The van der Waals surface area contributed by atoms with E-state index in [1.807, 2.05) is 69.5 Å². The van der Waals surface area contributed by atoms with Gasteiger partial charge in [0.1, 0.15) is 17.9 Å². The molecule has 11 heteroatoms. The minimum absolute atomic E-state index is 0.00767. The summed E-state index contributed by atoms with van der Waals surface area (Å²) in [6.45, 7) is 13.5. The van der Waals surface area contributed by atoms with E-state index in [9.17, 15) is 19.8 Å². The molecule has 6 rings (SSSR count). The molecule has 294 valence electrons. The number of rotatable bonds is 15. The standard InChI is InChI=1S/C42H65N5O6/c1-24(2)17-30(22-45(7)8)43-40(50)32-18-27(15-16-35(32)46(9)10)31-14-12-13-28(39(31)52-11)21-47-38(37(26(4)49)36(23-48)53-47)41(51)44-34-20-29-19-33(25(34)3)42(29,5)6/h12-16,18,24-26,29-30,33-34,36-38,48-49H,17,19-23H2,1-11H3,(H,43,50)(H,44,51)/t25-,26-,29-,30-,33+,34-,36-,37+,38-/m0/s1. The minimum Gasteiger partial charge on any atom is -0.496 e. The van der Waals surface area contributed by atoms with Gasteiger partial charge in [0.15, 0.2) is 0 Å². The number of hydrogen-bond donors (Lipinski definition) is 4. The van der Waals surface area contributed by atoms with Crippen molar-refractivity contribution in [3.8, 4) is 16.9 Å². The molecule has 9 atom stereocenters. The summed E-state index contributed by atoms with van der Waals surface area (Å²) in [6, 6.07) is 10.9. The number of hydrogen-bond acceptors (Lipinski definition) is 9. The molecule has 1 aliphatic heterocycles. The van der Waals surface area contributed by atoms with E-state index in [0.717, 1.165) is 41.8 Å². The fourth-order valence-corrected chi connectivity index (χ4v) is 9.56. The summed E-state index contributed by atoms with van der Waals surface area (Å²) in [7, 11) is 9.50. The molecule has 0 unspecified atom stereocenters. The number of anilines is 1. The second kappa shape index (κ2) is 16.7. The lowest BCUT2D eigenvalue weighted by atomic mass is 9.45. The first-order valence-electron chi connectivity index (χ1n) is 19.4. The van der Waals surface area contributed by atoms with Gasteiger partial charge in [-0.15, -0.1) is 0 Å². The second-order valence-electron chi connectivity index (χ2n) is 17.4. The molecule has 4 aliphatic rings. The number of fused-ring (bicyclic) bond motifs is 2. The van der Waals surface area contributed by atoms with Gasteiger partial charge in [-0.05, 0) is 87.1 Å². The van der Waals surface area contributed by atoms with Gasteiger partial charge in [0, 0.05) is 55.5 Å². The molecule has 3 aliphatic carbocycles. The van der Waals surface area contributed by atoms with Crippen LogP contribution < -0.4 is 20.3 Å². The molecule has 3 saturated carbocycles. The molecule has 4 N–H and O–H groups in total. The number of benzene rings is 2. The minimum atomic E-state index is -0.894. The molecule has 2 bridgehead atoms. The van der Waals surface area contributed by atoms with Crippen molar-refractivity contribution in [2.75, 3.05) is 53.4 Å². The molecule has 2 amide bonds. The summed E-state index contributed by atoms with van der Waals surface area (Å²) < 4.78 is 6.07. The molecule has 2 aromatic rings. The first-order valence-corrected chi connectivity index (χ1v) is 19.4. The molecule has 1 saturated heterocycles. The first-order chi connectivity index (χ1) is 25.0. The summed E-state index contributed by atoms with van der Waals surface area (Å²) in [5.74, 6) is 1.53. The Morgan fingerprint density at radius 1 is 1.09 bits per heavy atom. The fraction of sp³-hybridized carbons (Fsp3) is 0.667. The van der Waals surface area contributed by atoms with Crippen LogP contribution in [-0.2, 0) is 16.2 Å². The van der Waals surface area contributed by atoms with Crippen LogP contribution in [0.2, 0.25) is 0 Å². The van der Waals surface area contributed by atoms with Gasteiger partial charge in [0.25, 0.3) is 5.91 Å².